The second-order valence-electron chi connectivity index (χ2n) is 6.00. The van der Waals surface area contributed by atoms with Crippen LogP contribution in [0, 0.1) is 0 Å². The number of carbonyl (C=O) groups is 1. The van der Waals surface area contributed by atoms with Crippen molar-refractivity contribution in [3.8, 4) is 0 Å². The zero-order chi connectivity index (χ0) is 19.2. The second kappa shape index (κ2) is 12.9. The third kappa shape index (κ3) is 8.62. The van der Waals surface area contributed by atoms with Gasteiger partial charge in [-0.1, -0.05) is 49.4 Å². The van der Waals surface area contributed by atoms with E-state index in [0.717, 1.165) is 25.1 Å². The number of hydrogen-bond acceptors (Lipinski definition) is 5. The minimum absolute atomic E-state index is 0.222. The summed E-state index contributed by atoms with van der Waals surface area (Å²) >= 11 is 0. The first-order valence-corrected chi connectivity index (χ1v) is 9.01. The van der Waals surface area contributed by atoms with E-state index >= 15 is 0 Å². The Bertz CT molecular complexity index is 609. The second-order valence-corrected chi connectivity index (χ2v) is 6.00. The van der Waals surface area contributed by atoms with Crippen LogP contribution in [0.1, 0.15) is 32.3 Å². The summed E-state index contributed by atoms with van der Waals surface area (Å²) in [7, 11) is 3.33. The number of allylic oxidation sites excluding steroid dienone is 3. The molecule has 0 aromatic heterocycles. The molecule has 0 unspecified atom stereocenters. The molecule has 142 valence electrons. The minimum atomic E-state index is -0.222. The molecule has 0 atom stereocenters. The molecular weight excluding hydrogens is 326 g/mol. The van der Waals surface area contributed by atoms with Crippen LogP contribution < -0.4 is 0 Å². The molecule has 0 aliphatic rings. The van der Waals surface area contributed by atoms with Crippen molar-refractivity contribution in [2.24, 2.45) is 5.10 Å². The lowest BCUT2D eigenvalue weighted by atomic mass is 10.2. The summed E-state index contributed by atoms with van der Waals surface area (Å²) in [5.74, 6) is -0.222. The van der Waals surface area contributed by atoms with Crippen molar-refractivity contribution in [3.05, 3.63) is 59.8 Å². The van der Waals surface area contributed by atoms with E-state index in [1.54, 1.807) is 0 Å². The fourth-order valence-corrected chi connectivity index (χ4v) is 2.42. The van der Waals surface area contributed by atoms with E-state index in [0.29, 0.717) is 6.54 Å². The molecule has 0 bridgehead atoms. The monoisotopic (exact) mass is 357 g/mol. The van der Waals surface area contributed by atoms with Gasteiger partial charge in [-0.25, -0.2) is 0 Å². The number of likely N-dealkylation sites (N-methyl/N-ethyl adjacent to an activating group) is 1. The summed E-state index contributed by atoms with van der Waals surface area (Å²) in [6, 6.07) is 10.3. The Morgan fingerprint density at radius 2 is 2.00 bits per heavy atom. The van der Waals surface area contributed by atoms with E-state index < -0.39 is 0 Å². The van der Waals surface area contributed by atoms with Crippen molar-refractivity contribution in [3.63, 3.8) is 0 Å². The highest BCUT2D eigenvalue weighted by Gasteiger charge is 2.12. The predicted octanol–water partition coefficient (Wildman–Crippen LogP) is 3.84. The van der Waals surface area contributed by atoms with Crippen LogP contribution in [0.2, 0.25) is 0 Å². The van der Waals surface area contributed by atoms with E-state index in [9.17, 15) is 4.79 Å². The maximum Gasteiger partial charge on any atom is 0.319 e. The quantitative estimate of drug-likeness (QED) is 0.343. The molecule has 0 radical (unpaired) electrons. The van der Waals surface area contributed by atoms with Crippen molar-refractivity contribution in [2.75, 3.05) is 27.2 Å². The lowest BCUT2D eigenvalue weighted by molar-refractivity contribution is -0.141. The number of rotatable bonds is 11. The molecule has 0 spiro atoms. The molecule has 0 heterocycles. The molecule has 0 aliphatic heterocycles. The van der Waals surface area contributed by atoms with E-state index in [1.165, 1.54) is 12.7 Å². The third-order valence-electron chi connectivity index (χ3n) is 3.81. The molecule has 0 saturated carbocycles. The summed E-state index contributed by atoms with van der Waals surface area (Å²) in [5.41, 5.74) is 2.35. The van der Waals surface area contributed by atoms with Crippen LogP contribution in [-0.2, 0) is 16.1 Å². The number of methoxy groups -OCH3 is 1. The molecule has 0 N–H and O–H groups in total. The van der Waals surface area contributed by atoms with E-state index in [1.807, 2.05) is 60.4 Å². The number of benzene rings is 1. The smallest absolute Gasteiger partial charge is 0.319 e. The zero-order valence-corrected chi connectivity index (χ0v) is 16.4. The maximum atomic E-state index is 11.4. The van der Waals surface area contributed by atoms with Crippen LogP contribution in [0.25, 0.3) is 0 Å². The number of nitrogens with zero attached hydrogens (tertiary/aromatic N) is 3. The van der Waals surface area contributed by atoms with Crippen LogP contribution in [0.4, 0.5) is 0 Å². The lowest BCUT2D eigenvalue weighted by Gasteiger charge is -2.24. The standard InChI is InChI=1S/C21H31N3O2/c1-5-7-15-22-24(17-19-12-9-8-10-13-19)20(11-6-2)14-16-23(3)18-21(25)26-4/h5,7-13,15H,6,14,16-18H2,1-4H3/b7-5+,20-11+,22-15+. The summed E-state index contributed by atoms with van der Waals surface area (Å²) in [6.07, 6.45) is 9.62. The summed E-state index contributed by atoms with van der Waals surface area (Å²) < 4.78 is 4.73. The fraction of sp³-hybridized carbons (Fsp3) is 0.429. The van der Waals surface area contributed by atoms with E-state index in [-0.39, 0.29) is 12.5 Å². The van der Waals surface area contributed by atoms with Crippen molar-refractivity contribution < 1.29 is 9.53 Å². The van der Waals surface area contributed by atoms with Crippen LogP contribution in [-0.4, -0.2) is 49.3 Å². The number of ether oxygens (including phenoxy) is 1. The zero-order valence-electron chi connectivity index (χ0n) is 16.4. The predicted molar refractivity (Wildman–Crippen MR) is 108 cm³/mol. The minimum Gasteiger partial charge on any atom is -0.468 e. The first-order chi connectivity index (χ1) is 12.6. The first kappa shape index (κ1) is 21.6. The molecule has 5 nitrogen and oxygen atoms in total. The highest BCUT2D eigenvalue weighted by Crippen LogP contribution is 2.16. The van der Waals surface area contributed by atoms with Crippen molar-refractivity contribution in [2.45, 2.75) is 33.2 Å². The highest BCUT2D eigenvalue weighted by molar-refractivity contribution is 5.71. The van der Waals surface area contributed by atoms with Gasteiger partial charge in [-0.15, -0.1) is 0 Å². The molecule has 5 heteroatoms. The van der Waals surface area contributed by atoms with Gasteiger partial charge in [-0.2, -0.15) is 5.10 Å². The van der Waals surface area contributed by atoms with Gasteiger partial charge in [0.25, 0.3) is 0 Å². The van der Waals surface area contributed by atoms with E-state index in [4.69, 9.17) is 4.74 Å². The summed E-state index contributed by atoms with van der Waals surface area (Å²) in [5, 5.41) is 6.66. The average Bonchev–Trinajstić information content (AvgIpc) is 2.65. The topological polar surface area (TPSA) is 45.1 Å². The van der Waals surface area contributed by atoms with Gasteiger partial charge in [0.15, 0.2) is 0 Å². The number of esters is 1. The molecule has 0 amide bonds. The summed E-state index contributed by atoms with van der Waals surface area (Å²) in [4.78, 5) is 13.4. The largest absolute Gasteiger partial charge is 0.468 e. The SMILES string of the molecule is C/C=C/C=N/N(Cc1ccccc1)/C(=C/CC)CCN(C)CC(=O)OC. The molecular formula is C21H31N3O2. The summed E-state index contributed by atoms with van der Waals surface area (Å²) in [6.45, 7) is 5.84. The molecule has 0 fully saturated rings. The van der Waals surface area contributed by atoms with Crippen LogP contribution in [0.3, 0.4) is 0 Å². The number of hydrazone groups is 1. The van der Waals surface area contributed by atoms with Crippen LogP contribution >= 0.6 is 0 Å². The Morgan fingerprint density at radius 3 is 2.62 bits per heavy atom. The normalized spacial score (nSPS) is 12.3. The first-order valence-electron chi connectivity index (χ1n) is 9.01. The molecule has 1 aromatic carbocycles. The average molecular weight is 357 g/mol. The van der Waals surface area contributed by atoms with Crippen molar-refractivity contribution in [1.82, 2.24) is 9.91 Å². The molecule has 0 aliphatic carbocycles. The Hall–Kier alpha value is -2.40. The molecule has 26 heavy (non-hydrogen) atoms. The van der Waals surface area contributed by atoms with Gasteiger partial charge in [0, 0.05) is 24.9 Å². The molecule has 0 saturated heterocycles. The van der Waals surface area contributed by atoms with Gasteiger partial charge in [0.2, 0.25) is 0 Å². The van der Waals surface area contributed by atoms with Crippen LogP contribution in [0.5, 0.6) is 0 Å². The number of carbonyl (C=O) groups excluding carboxylic acids is 1. The van der Waals surface area contributed by atoms with Crippen LogP contribution in [0.15, 0.2) is 59.4 Å². The molecule has 1 rings (SSSR count). The lowest BCUT2D eigenvalue weighted by Crippen LogP contribution is -2.29. The Labute approximate surface area is 157 Å². The van der Waals surface area contributed by atoms with Crippen molar-refractivity contribution >= 4 is 12.2 Å². The highest BCUT2D eigenvalue weighted by atomic mass is 16.5. The van der Waals surface area contributed by atoms with Gasteiger partial charge < -0.3 is 4.74 Å². The maximum absolute atomic E-state index is 11.4. The molecule has 1 aromatic rings. The Balaban J connectivity index is 2.86. The van der Waals surface area contributed by atoms with Gasteiger partial charge in [-0.3, -0.25) is 14.7 Å². The van der Waals surface area contributed by atoms with Gasteiger partial charge in [-0.05, 0) is 32.0 Å². The van der Waals surface area contributed by atoms with Gasteiger partial charge in [0.1, 0.15) is 0 Å². The fourth-order valence-electron chi connectivity index (χ4n) is 2.42. The Morgan fingerprint density at radius 1 is 1.27 bits per heavy atom. The third-order valence-corrected chi connectivity index (χ3v) is 3.81. The Kier molecular flexibility index (Phi) is 10.7. The van der Waals surface area contributed by atoms with Gasteiger partial charge >= 0.3 is 5.97 Å². The van der Waals surface area contributed by atoms with E-state index in [2.05, 4.69) is 30.2 Å². The number of hydrogen-bond donors (Lipinski definition) is 0. The van der Waals surface area contributed by atoms with Crippen molar-refractivity contribution in [1.29, 1.82) is 0 Å². The van der Waals surface area contributed by atoms with Gasteiger partial charge in [0.05, 0.1) is 20.2 Å².